The Morgan fingerprint density at radius 2 is 1.10 bits per heavy atom. The molecule has 0 unspecified atom stereocenters. The minimum atomic E-state index is -1.56. The van der Waals surface area contributed by atoms with Crippen molar-refractivity contribution in [2.24, 2.45) is 0 Å². The first kappa shape index (κ1) is 42.0. The molecule has 1 N–H and O–H groups in total. The Morgan fingerprint density at radius 3 is 1.33 bits per heavy atom. The van der Waals surface area contributed by atoms with Crippen molar-refractivity contribution >= 4 is 88.8 Å². The van der Waals surface area contributed by atoms with Crippen LogP contribution in [0, 0.1) is 0 Å². The number of rotatable bonds is 8. The maximum absolute atomic E-state index is 10.6. The lowest BCUT2D eigenvalue weighted by molar-refractivity contribution is 0.0825. The molecule has 0 fully saturated rings. The smallest absolute Gasteiger partial charge is 0.184 e. The van der Waals surface area contributed by atoms with Crippen LogP contribution >= 0.6 is 65.9 Å². The first-order valence-corrected chi connectivity index (χ1v) is 23.8. The molecule has 0 bridgehead atoms. The molecule has 0 saturated carbocycles. The van der Waals surface area contributed by atoms with Gasteiger partial charge in [0.25, 0.3) is 0 Å². The molecule has 0 aliphatic rings. The maximum atomic E-state index is 10.6. The SMILES string of the molecule is C.CC(C)(O)c1ccc(Br)s1.CC(C)(O[Si](C)(C)C)c1ccc(Br)s1.CC(C)(O[Si](C)(C)C)c1ccc(C=O)s1.[2H]CF. The lowest BCUT2D eigenvalue weighted by atomic mass is 10.1. The van der Waals surface area contributed by atoms with Crippen LogP contribution in [0.3, 0.4) is 0 Å². The van der Waals surface area contributed by atoms with E-state index in [2.05, 4.69) is 111 Å². The molecular weight excluding hydrogens is 756 g/mol. The van der Waals surface area contributed by atoms with E-state index in [0.717, 1.165) is 24.7 Å². The normalized spacial score (nSPS) is 12.3. The second kappa shape index (κ2) is 18.2. The van der Waals surface area contributed by atoms with E-state index in [9.17, 15) is 14.3 Å². The second-order valence-electron chi connectivity index (χ2n) is 12.5. The van der Waals surface area contributed by atoms with Gasteiger partial charge in [0.1, 0.15) is 0 Å². The molecule has 0 aliphatic carbocycles. The Bertz CT molecular complexity index is 1210. The van der Waals surface area contributed by atoms with Crippen molar-refractivity contribution in [1.29, 1.82) is 0 Å². The highest BCUT2D eigenvalue weighted by atomic mass is 79.9. The Labute approximate surface area is 287 Å². The summed E-state index contributed by atoms with van der Waals surface area (Å²) in [4.78, 5) is 14.8. The van der Waals surface area contributed by atoms with E-state index in [0.29, 0.717) is 0 Å². The number of alkyl halides is 1. The molecule has 242 valence electrons. The van der Waals surface area contributed by atoms with E-state index in [1.165, 1.54) is 20.0 Å². The quantitative estimate of drug-likeness (QED) is 0.182. The molecule has 0 radical (unpaired) electrons. The number of aldehydes is 1. The fourth-order valence-corrected chi connectivity index (χ4v) is 10.8. The molecule has 3 rings (SSSR count). The summed E-state index contributed by atoms with van der Waals surface area (Å²) in [6, 6.07) is 11.9. The molecule has 3 aromatic rings. The van der Waals surface area contributed by atoms with Crippen molar-refractivity contribution < 1.29 is 24.5 Å². The van der Waals surface area contributed by atoms with Gasteiger partial charge in [0.15, 0.2) is 22.9 Å². The van der Waals surface area contributed by atoms with Gasteiger partial charge in [-0.1, -0.05) is 7.43 Å². The summed E-state index contributed by atoms with van der Waals surface area (Å²) in [7, 11) is -4.03. The van der Waals surface area contributed by atoms with Crippen LogP contribution in [0.15, 0.2) is 44.0 Å². The molecule has 42 heavy (non-hydrogen) atoms. The average Bonchev–Trinajstić information content (AvgIpc) is 3.52. The monoisotopic (exact) mass is 805 g/mol. The first-order chi connectivity index (χ1) is 18.9. The van der Waals surface area contributed by atoms with E-state index in [1.54, 1.807) is 36.5 Å². The van der Waals surface area contributed by atoms with Crippen LogP contribution in [-0.4, -0.2) is 35.2 Å². The van der Waals surface area contributed by atoms with Gasteiger partial charge in [0, 0.05) is 14.6 Å². The van der Waals surface area contributed by atoms with Crippen molar-refractivity contribution in [2.45, 2.75) is 105 Å². The summed E-state index contributed by atoms with van der Waals surface area (Å²) in [5.41, 5.74) is -1.13. The third-order valence-corrected chi connectivity index (χ3v) is 12.2. The molecule has 0 aliphatic heterocycles. The molecule has 3 heterocycles. The lowest BCUT2D eigenvalue weighted by Gasteiger charge is -2.32. The molecule has 0 aromatic carbocycles. The van der Waals surface area contributed by atoms with Crippen LogP contribution in [0.4, 0.5) is 4.39 Å². The van der Waals surface area contributed by atoms with E-state index in [4.69, 9.17) is 10.2 Å². The van der Waals surface area contributed by atoms with Gasteiger partial charge in [0.05, 0.1) is 37.8 Å². The van der Waals surface area contributed by atoms with Gasteiger partial charge >= 0.3 is 0 Å². The zero-order valence-corrected chi connectivity index (χ0v) is 33.9. The fraction of sp³-hybridized carbons (Fsp3) is 0.567. The van der Waals surface area contributed by atoms with Crippen LogP contribution in [0.5, 0.6) is 0 Å². The topological polar surface area (TPSA) is 55.8 Å². The number of carbonyl (C=O) groups is 1. The van der Waals surface area contributed by atoms with Gasteiger partial charge in [-0.05, 0) is 149 Å². The van der Waals surface area contributed by atoms with E-state index >= 15 is 0 Å². The zero-order valence-electron chi connectivity index (χ0n) is 27.3. The third kappa shape index (κ3) is 17.5. The maximum Gasteiger partial charge on any atom is 0.184 e. The van der Waals surface area contributed by atoms with Crippen LogP contribution in [0.25, 0.3) is 0 Å². The van der Waals surface area contributed by atoms with Crippen LogP contribution in [-0.2, 0) is 25.7 Å². The molecule has 0 amide bonds. The van der Waals surface area contributed by atoms with E-state index in [-0.39, 0.29) is 18.6 Å². The third-order valence-electron chi connectivity index (χ3n) is 4.80. The number of aliphatic hydroxyl groups is 1. The summed E-state index contributed by atoms with van der Waals surface area (Å²) < 4.78 is 30.0. The summed E-state index contributed by atoms with van der Waals surface area (Å²) in [6.07, 6.45) is 0.888. The van der Waals surface area contributed by atoms with E-state index in [1.807, 2.05) is 24.3 Å². The number of carbonyl (C=O) groups excluding carboxylic acids is 1. The number of halogens is 3. The summed E-state index contributed by atoms with van der Waals surface area (Å²) in [6.45, 7) is 25.1. The van der Waals surface area contributed by atoms with Gasteiger partial charge < -0.3 is 14.0 Å². The number of thiophene rings is 3. The first-order valence-electron chi connectivity index (χ1n) is 13.6. The Morgan fingerprint density at radius 1 is 0.762 bits per heavy atom. The molecule has 12 heteroatoms. The standard InChI is InChI=1S/C11H18O2SSi.C10H17BrOSSi.C7H9BrOS.CH3F.CH4/c1-11(2,13-15(3,4)5)10-7-6-9(8-12)14-10;1-10(2,12-14(3,4)5)8-6-7-9(11)13-8;1-7(2,9)5-3-4-6(8)10-5;1-2;/h6-8H,1-5H3;6-7H,1-5H3;3-4,9H,1-2H3;1H3;1H4/i;;;1D;. The molecule has 0 saturated heterocycles. The fourth-order valence-electron chi connectivity index (χ4n) is 3.65. The van der Waals surface area contributed by atoms with Gasteiger partial charge in [0.2, 0.25) is 0 Å². The number of hydrogen-bond donors (Lipinski definition) is 1. The molecular formula is C30H51Br2FO4S3Si2. The van der Waals surface area contributed by atoms with E-state index < -0.39 is 29.4 Å². The summed E-state index contributed by atoms with van der Waals surface area (Å²) in [5.74, 6) is 0. The average molecular weight is 808 g/mol. The molecule has 0 atom stereocenters. The van der Waals surface area contributed by atoms with Crippen molar-refractivity contribution in [3.63, 3.8) is 0 Å². The molecule has 4 nitrogen and oxygen atoms in total. The zero-order chi connectivity index (χ0) is 33.2. The van der Waals surface area contributed by atoms with Gasteiger partial charge in [-0.3, -0.25) is 9.18 Å². The predicted molar refractivity (Wildman–Crippen MR) is 198 cm³/mol. The van der Waals surface area contributed by atoms with Crippen LogP contribution < -0.4 is 0 Å². The molecule has 3 aromatic heterocycles. The Kier molecular flexibility index (Phi) is 18.2. The van der Waals surface area contributed by atoms with Gasteiger partial charge in [-0.2, -0.15) is 0 Å². The Balaban J connectivity index is 0. The molecule has 0 spiro atoms. The summed E-state index contributed by atoms with van der Waals surface area (Å²) >= 11 is 11.6. The highest BCUT2D eigenvalue weighted by Crippen LogP contribution is 2.36. The van der Waals surface area contributed by atoms with Crippen LogP contribution in [0.2, 0.25) is 39.3 Å². The number of hydrogen-bond acceptors (Lipinski definition) is 7. The lowest BCUT2D eigenvalue weighted by Crippen LogP contribution is -2.36. The predicted octanol–water partition coefficient (Wildman–Crippen LogP) is 12.2. The highest BCUT2D eigenvalue weighted by molar-refractivity contribution is 9.11. The van der Waals surface area contributed by atoms with Gasteiger partial charge in [-0.25, -0.2) is 0 Å². The summed E-state index contributed by atoms with van der Waals surface area (Å²) in [5, 5.41) is 9.49. The van der Waals surface area contributed by atoms with Crippen molar-refractivity contribution in [3.05, 3.63) is 63.5 Å². The van der Waals surface area contributed by atoms with Crippen molar-refractivity contribution in [3.8, 4) is 0 Å². The Hall–Kier alpha value is -0.0262. The largest absolute Gasteiger partial charge is 0.408 e. The minimum Gasteiger partial charge on any atom is -0.408 e. The minimum absolute atomic E-state index is 0. The van der Waals surface area contributed by atoms with Crippen molar-refractivity contribution in [2.75, 3.05) is 7.15 Å². The second-order valence-corrected chi connectivity index (χ2v) is 27.4. The highest BCUT2D eigenvalue weighted by Gasteiger charge is 2.31. The van der Waals surface area contributed by atoms with Crippen LogP contribution in [0.1, 0.15) is 74.6 Å². The van der Waals surface area contributed by atoms with Gasteiger partial charge in [-0.15, -0.1) is 34.0 Å². The van der Waals surface area contributed by atoms with Crippen molar-refractivity contribution in [1.82, 2.24) is 0 Å².